The van der Waals surface area contributed by atoms with Crippen molar-refractivity contribution < 1.29 is 4.92 Å². The van der Waals surface area contributed by atoms with Gasteiger partial charge >= 0.3 is 0 Å². The zero-order valence-corrected chi connectivity index (χ0v) is 13.2. The molecule has 3 rings (SSSR count). The third-order valence-electron chi connectivity index (χ3n) is 3.84. The summed E-state index contributed by atoms with van der Waals surface area (Å²) in [4.78, 5) is 14.9. The molecule has 0 fully saturated rings. The van der Waals surface area contributed by atoms with Gasteiger partial charge in [0.15, 0.2) is 5.82 Å². The first-order valence-electron chi connectivity index (χ1n) is 7.60. The van der Waals surface area contributed by atoms with Gasteiger partial charge in [-0.15, -0.1) is 0 Å². The summed E-state index contributed by atoms with van der Waals surface area (Å²) in [5.41, 5.74) is 8.00. The lowest BCUT2D eigenvalue weighted by atomic mass is 10.1. The van der Waals surface area contributed by atoms with Crippen LogP contribution in [-0.4, -0.2) is 26.6 Å². The molecule has 0 aliphatic carbocycles. The molecule has 1 aromatic carbocycles. The Morgan fingerprint density at radius 1 is 1.40 bits per heavy atom. The molecule has 0 aliphatic heterocycles. The highest BCUT2D eigenvalue weighted by Crippen LogP contribution is 2.29. The van der Waals surface area contributed by atoms with E-state index in [1.807, 2.05) is 6.07 Å². The molecule has 3 aromatic rings. The van der Waals surface area contributed by atoms with Gasteiger partial charge in [0, 0.05) is 18.8 Å². The first-order valence-corrected chi connectivity index (χ1v) is 7.60. The Morgan fingerprint density at radius 2 is 2.24 bits per heavy atom. The number of aryl methyl sites for hydroxylation is 1. The lowest BCUT2D eigenvalue weighted by Gasteiger charge is -2.09. The summed E-state index contributed by atoms with van der Waals surface area (Å²) >= 11 is 0. The van der Waals surface area contributed by atoms with Crippen molar-refractivity contribution in [1.82, 2.24) is 15.2 Å². The van der Waals surface area contributed by atoms with Gasteiger partial charge < -0.3 is 11.1 Å². The number of nitriles is 1. The minimum atomic E-state index is -0.417. The minimum Gasteiger partial charge on any atom is -0.383 e. The zero-order chi connectivity index (χ0) is 17.8. The van der Waals surface area contributed by atoms with Crippen molar-refractivity contribution in [1.29, 1.82) is 5.26 Å². The van der Waals surface area contributed by atoms with Crippen LogP contribution in [0.1, 0.15) is 17.7 Å². The average Bonchev–Trinajstić information content (AvgIpc) is 2.98. The van der Waals surface area contributed by atoms with Crippen molar-refractivity contribution in [2.24, 2.45) is 0 Å². The van der Waals surface area contributed by atoms with Crippen LogP contribution in [-0.2, 0) is 6.42 Å². The Bertz CT molecular complexity index is 974. The summed E-state index contributed by atoms with van der Waals surface area (Å²) in [7, 11) is 0. The molecule has 0 bridgehead atoms. The third kappa shape index (κ3) is 3.18. The number of nitro groups is 1. The quantitative estimate of drug-likeness (QED) is 0.355. The van der Waals surface area contributed by atoms with Gasteiger partial charge in [-0.05, 0) is 31.0 Å². The predicted molar refractivity (Wildman–Crippen MR) is 92.9 cm³/mol. The van der Waals surface area contributed by atoms with Crippen LogP contribution in [0.4, 0.5) is 17.2 Å². The summed E-state index contributed by atoms with van der Waals surface area (Å²) < 4.78 is 0. The molecule has 126 valence electrons. The SMILES string of the molecule is N#Cc1c(N)n[nH]c1CCCNc1ccc([N+](=O)[O-])c2cccnc12. The fourth-order valence-corrected chi connectivity index (χ4v) is 2.65. The normalized spacial score (nSPS) is 10.5. The topological polar surface area (TPSA) is 147 Å². The first-order chi connectivity index (χ1) is 12.1. The van der Waals surface area contributed by atoms with Crippen molar-refractivity contribution in [2.45, 2.75) is 12.8 Å². The van der Waals surface area contributed by atoms with Crippen LogP contribution in [0.2, 0.25) is 0 Å². The van der Waals surface area contributed by atoms with E-state index in [-0.39, 0.29) is 11.5 Å². The third-order valence-corrected chi connectivity index (χ3v) is 3.84. The van der Waals surface area contributed by atoms with E-state index in [0.717, 1.165) is 12.1 Å². The van der Waals surface area contributed by atoms with E-state index >= 15 is 0 Å². The molecular weight excluding hydrogens is 322 g/mol. The molecule has 0 spiro atoms. The number of nitrogens with one attached hydrogen (secondary N) is 2. The monoisotopic (exact) mass is 337 g/mol. The van der Waals surface area contributed by atoms with Crippen LogP contribution in [0.3, 0.4) is 0 Å². The number of nitrogens with zero attached hydrogens (tertiary/aromatic N) is 4. The maximum absolute atomic E-state index is 11.1. The molecule has 9 nitrogen and oxygen atoms in total. The predicted octanol–water partition coefficient (Wildman–Crippen LogP) is 2.36. The molecule has 4 N–H and O–H groups in total. The van der Waals surface area contributed by atoms with E-state index in [1.165, 1.54) is 6.07 Å². The zero-order valence-electron chi connectivity index (χ0n) is 13.2. The highest BCUT2D eigenvalue weighted by molar-refractivity contribution is 5.96. The van der Waals surface area contributed by atoms with Gasteiger partial charge in [0.2, 0.25) is 0 Å². The summed E-state index contributed by atoms with van der Waals surface area (Å²) in [6.45, 7) is 0.604. The average molecular weight is 337 g/mol. The van der Waals surface area contributed by atoms with Crippen LogP contribution < -0.4 is 11.1 Å². The number of hydrogen-bond donors (Lipinski definition) is 3. The summed E-state index contributed by atoms with van der Waals surface area (Å²) in [6, 6.07) is 8.50. The number of nitro benzene ring substituents is 1. The maximum atomic E-state index is 11.1. The van der Waals surface area contributed by atoms with E-state index < -0.39 is 4.92 Å². The second-order valence-corrected chi connectivity index (χ2v) is 5.39. The Kier molecular flexibility index (Phi) is 4.43. The number of aromatic amines is 1. The first kappa shape index (κ1) is 16.2. The molecule has 0 aliphatic rings. The Labute approximate surface area is 142 Å². The number of anilines is 2. The number of non-ortho nitro benzene ring substituents is 1. The molecule has 0 unspecified atom stereocenters. The van der Waals surface area contributed by atoms with Gasteiger partial charge in [-0.1, -0.05) is 0 Å². The molecular formula is C16H15N7O2. The summed E-state index contributed by atoms with van der Waals surface area (Å²) in [6.07, 6.45) is 2.93. The van der Waals surface area contributed by atoms with E-state index in [4.69, 9.17) is 11.0 Å². The van der Waals surface area contributed by atoms with Gasteiger partial charge in [0.1, 0.15) is 17.1 Å². The highest BCUT2D eigenvalue weighted by Gasteiger charge is 2.15. The molecule has 0 saturated carbocycles. The molecule has 0 amide bonds. The van der Waals surface area contributed by atoms with Crippen LogP contribution in [0.5, 0.6) is 0 Å². The van der Waals surface area contributed by atoms with E-state index in [9.17, 15) is 10.1 Å². The second-order valence-electron chi connectivity index (χ2n) is 5.39. The van der Waals surface area contributed by atoms with Crippen molar-refractivity contribution >= 4 is 28.1 Å². The molecule has 0 radical (unpaired) electrons. The van der Waals surface area contributed by atoms with Gasteiger partial charge in [-0.25, -0.2) is 0 Å². The Morgan fingerprint density at radius 3 is 3.00 bits per heavy atom. The van der Waals surface area contributed by atoms with Crippen molar-refractivity contribution in [3.8, 4) is 6.07 Å². The second kappa shape index (κ2) is 6.84. The molecule has 9 heteroatoms. The smallest absolute Gasteiger partial charge is 0.278 e. The minimum absolute atomic E-state index is 0.0280. The number of benzene rings is 1. The van der Waals surface area contributed by atoms with E-state index in [1.54, 1.807) is 24.4 Å². The number of pyridine rings is 1. The molecule has 2 heterocycles. The Balaban J connectivity index is 1.71. The number of nitrogen functional groups attached to an aromatic ring is 1. The highest BCUT2D eigenvalue weighted by atomic mass is 16.6. The molecule has 2 aromatic heterocycles. The van der Waals surface area contributed by atoms with Gasteiger partial charge in [-0.2, -0.15) is 10.4 Å². The van der Waals surface area contributed by atoms with E-state index in [2.05, 4.69) is 20.5 Å². The van der Waals surface area contributed by atoms with Crippen LogP contribution in [0, 0.1) is 21.4 Å². The Hall–Kier alpha value is -3.67. The molecule has 25 heavy (non-hydrogen) atoms. The van der Waals surface area contributed by atoms with Gasteiger partial charge in [-0.3, -0.25) is 20.2 Å². The number of rotatable bonds is 6. The molecule has 0 atom stereocenters. The van der Waals surface area contributed by atoms with Gasteiger partial charge in [0.05, 0.1) is 21.7 Å². The maximum Gasteiger partial charge on any atom is 0.278 e. The molecule has 0 saturated heterocycles. The largest absolute Gasteiger partial charge is 0.383 e. The lowest BCUT2D eigenvalue weighted by molar-refractivity contribution is -0.383. The number of fused-ring (bicyclic) bond motifs is 1. The number of hydrogen-bond acceptors (Lipinski definition) is 7. The summed E-state index contributed by atoms with van der Waals surface area (Å²) in [5.74, 6) is 0.205. The standard InChI is InChI=1S/C16H15N7O2/c17-9-11-12(21-22-16(11)18)4-2-7-19-13-5-6-14(23(24)25)10-3-1-8-20-15(10)13/h1,3,5-6,8,19H,2,4,7H2,(H3,18,21,22). The van der Waals surface area contributed by atoms with Gasteiger partial charge in [0.25, 0.3) is 5.69 Å². The fraction of sp³-hybridized carbons (Fsp3) is 0.188. The van der Waals surface area contributed by atoms with Crippen LogP contribution in [0.25, 0.3) is 10.9 Å². The number of H-pyrrole nitrogens is 1. The van der Waals surface area contributed by atoms with E-state index in [0.29, 0.717) is 35.1 Å². The van der Waals surface area contributed by atoms with Crippen LogP contribution in [0.15, 0.2) is 30.5 Å². The fourth-order valence-electron chi connectivity index (χ4n) is 2.65. The van der Waals surface area contributed by atoms with Crippen molar-refractivity contribution in [3.63, 3.8) is 0 Å². The lowest BCUT2D eigenvalue weighted by Crippen LogP contribution is -2.05. The van der Waals surface area contributed by atoms with Crippen LogP contribution >= 0.6 is 0 Å². The van der Waals surface area contributed by atoms with Crippen molar-refractivity contribution in [2.75, 3.05) is 17.6 Å². The van der Waals surface area contributed by atoms with Crippen molar-refractivity contribution in [3.05, 3.63) is 51.8 Å². The number of aromatic nitrogens is 3. The number of nitrogens with two attached hydrogens (primary N) is 1. The summed E-state index contributed by atoms with van der Waals surface area (Å²) in [5, 5.41) is 30.5.